The van der Waals surface area contributed by atoms with E-state index in [2.05, 4.69) is 12.2 Å². The lowest BCUT2D eigenvalue weighted by molar-refractivity contribution is 0.0336. The first-order chi connectivity index (χ1) is 5.31. The van der Waals surface area contributed by atoms with Crippen LogP contribution in [-0.4, -0.2) is 17.6 Å². The molecule has 1 aliphatic heterocycles. The molecule has 2 rings (SSSR count). The number of allylic oxidation sites excluding steroid dienone is 1. The Kier molecular flexibility index (Phi) is 1.94. The van der Waals surface area contributed by atoms with Gasteiger partial charge in [0.25, 0.3) is 0 Å². The smallest absolute Gasteiger partial charge is 0.0864 e. The van der Waals surface area contributed by atoms with Crippen molar-refractivity contribution in [2.45, 2.75) is 36.7 Å². The molecule has 0 aromatic carbocycles. The molecule has 0 amide bonds. The molecular formula is C9H13ClO. The van der Waals surface area contributed by atoms with Crippen LogP contribution in [0.2, 0.25) is 0 Å². The molecule has 1 heterocycles. The molecule has 2 aliphatic rings. The van der Waals surface area contributed by atoms with Crippen LogP contribution in [0.15, 0.2) is 12.2 Å². The predicted octanol–water partition coefficient (Wildman–Crippen LogP) is 2.49. The van der Waals surface area contributed by atoms with Gasteiger partial charge in [-0.25, -0.2) is 0 Å². The highest BCUT2D eigenvalue weighted by Gasteiger charge is 2.34. The number of ether oxygens (including phenoxy) is 1. The molecule has 0 unspecified atom stereocenters. The molecule has 0 bridgehead atoms. The summed E-state index contributed by atoms with van der Waals surface area (Å²) in [7, 11) is 0. The minimum Gasteiger partial charge on any atom is -0.371 e. The first-order valence-corrected chi connectivity index (χ1v) is 4.72. The van der Waals surface area contributed by atoms with E-state index in [1.807, 2.05) is 0 Å². The third-order valence-corrected chi connectivity index (χ3v) is 2.95. The molecule has 1 saturated heterocycles. The minimum absolute atomic E-state index is 0.0887. The SMILES string of the molecule is Cl[C@H]1C=C[C@]2(CCCO2)CC1. The van der Waals surface area contributed by atoms with Crippen LogP contribution in [0.25, 0.3) is 0 Å². The van der Waals surface area contributed by atoms with E-state index in [0.717, 1.165) is 19.4 Å². The third kappa shape index (κ3) is 1.45. The van der Waals surface area contributed by atoms with Crippen molar-refractivity contribution in [2.24, 2.45) is 0 Å². The lowest BCUT2D eigenvalue weighted by Gasteiger charge is -2.29. The lowest BCUT2D eigenvalue weighted by atomic mass is 9.88. The summed E-state index contributed by atoms with van der Waals surface area (Å²) in [6.07, 6.45) is 8.82. The van der Waals surface area contributed by atoms with Gasteiger partial charge in [0.15, 0.2) is 0 Å². The van der Waals surface area contributed by atoms with Gasteiger partial charge in [-0.3, -0.25) is 0 Å². The fraction of sp³-hybridized carbons (Fsp3) is 0.778. The van der Waals surface area contributed by atoms with Gasteiger partial charge in [-0.2, -0.15) is 0 Å². The van der Waals surface area contributed by atoms with Crippen molar-refractivity contribution in [1.29, 1.82) is 0 Å². The summed E-state index contributed by atoms with van der Waals surface area (Å²) < 4.78 is 5.68. The molecular weight excluding hydrogens is 160 g/mol. The molecule has 1 fully saturated rings. The Hall–Kier alpha value is -0.0100. The maximum atomic E-state index is 5.94. The van der Waals surface area contributed by atoms with E-state index in [0.29, 0.717) is 0 Å². The monoisotopic (exact) mass is 172 g/mol. The quantitative estimate of drug-likeness (QED) is 0.403. The standard InChI is InChI=1S/C9H13ClO/c10-8-2-5-9(6-3-8)4-1-7-11-9/h2,5,8H,1,3-4,6-7H2/t8-,9+/m0/s1. The second-order valence-corrected chi connectivity index (χ2v) is 3.99. The molecule has 1 spiro atoms. The van der Waals surface area contributed by atoms with E-state index < -0.39 is 0 Å². The first kappa shape index (κ1) is 7.63. The van der Waals surface area contributed by atoms with Crippen molar-refractivity contribution in [2.75, 3.05) is 6.61 Å². The van der Waals surface area contributed by atoms with Crippen molar-refractivity contribution < 1.29 is 4.74 Å². The fourth-order valence-corrected chi connectivity index (χ4v) is 2.07. The predicted molar refractivity (Wildman–Crippen MR) is 45.9 cm³/mol. The summed E-state index contributed by atoms with van der Waals surface area (Å²) in [6.45, 7) is 0.928. The average Bonchev–Trinajstić information content (AvgIpc) is 2.45. The van der Waals surface area contributed by atoms with Gasteiger partial charge in [-0.05, 0) is 25.7 Å². The molecule has 62 valence electrons. The number of hydrogen-bond acceptors (Lipinski definition) is 1. The van der Waals surface area contributed by atoms with Gasteiger partial charge in [0.2, 0.25) is 0 Å². The number of halogens is 1. The number of rotatable bonds is 0. The third-order valence-electron chi connectivity index (χ3n) is 2.59. The fourth-order valence-electron chi connectivity index (χ4n) is 1.89. The molecule has 0 aromatic heterocycles. The minimum atomic E-state index is 0.0887. The van der Waals surface area contributed by atoms with Crippen LogP contribution >= 0.6 is 11.6 Å². The van der Waals surface area contributed by atoms with Crippen LogP contribution in [0.4, 0.5) is 0 Å². The van der Waals surface area contributed by atoms with Crippen LogP contribution < -0.4 is 0 Å². The van der Waals surface area contributed by atoms with Gasteiger partial charge in [-0.1, -0.05) is 12.2 Å². The zero-order valence-electron chi connectivity index (χ0n) is 6.55. The van der Waals surface area contributed by atoms with E-state index in [9.17, 15) is 0 Å². The van der Waals surface area contributed by atoms with Crippen molar-refractivity contribution in [3.05, 3.63) is 12.2 Å². The highest BCUT2D eigenvalue weighted by atomic mass is 35.5. The van der Waals surface area contributed by atoms with Gasteiger partial charge in [-0.15, -0.1) is 11.6 Å². The molecule has 0 aromatic rings. The first-order valence-electron chi connectivity index (χ1n) is 4.28. The highest BCUT2D eigenvalue weighted by Crippen LogP contribution is 2.36. The number of alkyl halides is 1. The zero-order chi connectivity index (χ0) is 7.73. The van der Waals surface area contributed by atoms with Gasteiger partial charge < -0.3 is 4.74 Å². The average molecular weight is 173 g/mol. The Morgan fingerprint density at radius 2 is 2.36 bits per heavy atom. The van der Waals surface area contributed by atoms with Gasteiger partial charge >= 0.3 is 0 Å². The molecule has 0 radical (unpaired) electrons. The Labute approximate surface area is 72.4 Å². The Bertz CT molecular complexity index is 170. The Morgan fingerprint density at radius 1 is 1.45 bits per heavy atom. The van der Waals surface area contributed by atoms with E-state index >= 15 is 0 Å². The van der Waals surface area contributed by atoms with Crippen LogP contribution in [0.5, 0.6) is 0 Å². The molecule has 0 saturated carbocycles. The van der Waals surface area contributed by atoms with Crippen molar-refractivity contribution in [3.8, 4) is 0 Å². The zero-order valence-corrected chi connectivity index (χ0v) is 7.31. The highest BCUT2D eigenvalue weighted by molar-refractivity contribution is 6.21. The molecule has 2 atom stereocenters. The van der Waals surface area contributed by atoms with Crippen molar-refractivity contribution >= 4 is 11.6 Å². The van der Waals surface area contributed by atoms with E-state index in [4.69, 9.17) is 16.3 Å². The molecule has 11 heavy (non-hydrogen) atoms. The van der Waals surface area contributed by atoms with Gasteiger partial charge in [0, 0.05) is 6.61 Å². The van der Waals surface area contributed by atoms with Crippen LogP contribution in [0, 0.1) is 0 Å². The van der Waals surface area contributed by atoms with Crippen LogP contribution in [0.3, 0.4) is 0 Å². The van der Waals surface area contributed by atoms with Gasteiger partial charge in [0.05, 0.1) is 11.0 Å². The summed E-state index contributed by atoms with van der Waals surface area (Å²) in [5.74, 6) is 0. The summed E-state index contributed by atoms with van der Waals surface area (Å²) in [5, 5.41) is 0.241. The van der Waals surface area contributed by atoms with E-state index in [1.165, 1.54) is 12.8 Å². The number of hydrogen-bond donors (Lipinski definition) is 0. The maximum Gasteiger partial charge on any atom is 0.0864 e. The summed E-state index contributed by atoms with van der Waals surface area (Å²) in [6, 6.07) is 0. The molecule has 1 nitrogen and oxygen atoms in total. The topological polar surface area (TPSA) is 9.23 Å². The Balaban J connectivity index is 2.09. The van der Waals surface area contributed by atoms with Crippen LogP contribution in [0.1, 0.15) is 25.7 Å². The normalized spacial score (nSPS) is 43.5. The van der Waals surface area contributed by atoms with Crippen LogP contribution in [-0.2, 0) is 4.74 Å². The largest absolute Gasteiger partial charge is 0.371 e. The second kappa shape index (κ2) is 2.80. The lowest BCUT2D eigenvalue weighted by Crippen LogP contribution is -2.28. The summed E-state index contributed by atoms with van der Waals surface area (Å²) in [5.41, 5.74) is 0.0887. The van der Waals surface area contributed by atoms with Gasteiger partial charge in [0.1, 0.15) is 0 Å². The van der Waals surface area contributed by atoms with Crippen molar-refractivity contribution in [3.63, 3.8) is 0 Å². The van der Waals surface area contributed by atoms with E-state index in [1.54, 1.807) is 0 Å². The summed E-state index contributed by atoms with van der Waals surface area (Å²) in [4.78, 5) is 0. The molecule has 1 aliphatic carbocycles. The Morgan fingerprint density at radius 3 is 2.91 bits per heavy atom. The maximum absolute atomic E-state index is 5.94. The van der Waals surface area contributed by atoms with E-state index in [-0.39, 0.29) is 11.0 Å². The summed E-state index contributed by atoms with van der Waals surface area (Å²) >= 11 is 5.94. The second-order valence-electron chi connectivity index (χ2n) is 3.43. The molecule has 2 heteroatoms. The van der Waals surface area contributed by atoms with Crippen molar-refractivity contribution in [1.82, 2.24) is 0 Å². The molecule has 0 N–H and O–H groups in total.